The van der Waals surface area contributed by atoms with E-state index in [-0.39, 0.29) is 0 Å². The van der Waals surface area contributed by atoms with Gasteiger partial charge in [0.1, 0.15) is 0 Å². The summed E-state index contributed by atoms with van der Waals surface area (Å²) < 4.78 is 0. The van der Waals surface area contributed by atoms with Crippen LogP contribution in [0.2, 0.25) is 0 Å². The number of hydrogen-bond donors (Lipinski definition) is 1. The Morgan fingerprint density at radius 3 is 2.27 bits per heavy atom. The molecule has 2 aliphatic heterocycles. The number of fused-ring (bicyclic) bond motifs is 3. The van der Waals surface area contributed by atoms with Gasteiger partial charge in [-0.3, -0.25) is 4.90 Å². The zero-order valence-electron chi connectivity index (χ0n) is 13.9. The van der Waals surface area contributed by atoms with Crippen LogP contribution in [-0.2, 0) is 12.8 Å². The van der Waals surface area contributed by atoms with E-state index in [1.807, 2.05) is 0 Å². The summed E-state index contributed by atoms with van der Waals surface area (Å²) in [6, 6.07) is 11.5. The van der Waals surface area contributed by atoms with Gasteiger partial charge in [0.15, 0.2) is 0 Å². The first kappa shape index (κ1) is 14.7. The SMILES string of the molecule is CCCN(C[C@@H]1C[C@H]2CC[C@@H](C1)N2)C1Cc2ccccc2C1. The second-order valence-electron chi connectivity index (χ2n) is 7.80. The molecule has 0 radical (unpaired) electrons. The van der Waals surface area contributed by atoms with Crippen LogP contribution in [-0.4, -0.2) is 36.1 Å². The minimum Gasteiger partial charge on any atom is -0.311 e. The quantitative estimate of drug-likeness (QED) is 0.896. The molecule has 2 bridgehead atoms. The molecule has 1 N–H and O–H groups in total. The summed E-state index contributed by atoms with van der Waals surface area (Å²) in [5.41, 5.74) is 3.19. The van der Waals surface area contributed by atoms with E-state index in [0.717, 1.165) is 24.0 Å². The molecule has 0 saturated carbocycles. The molecule has 22 heavy (non-hydrogen) atoms. The normalized spacial score (nSPS) is 30.9. The van der Waals surface area contributed by atoms with E-state index in [1.54, 1.807) is 11.1 Å². The van der Waals surface area contributed by atoms with Crippen LogP contribution in [0.4, 0.5) is 0 Å². The molecule has 1 aliphatic carbocycles. The van der Waals surface area contributed by atoms with Crippen LogP contribution in [0, 0.1) is 5.92 Å². The van der Waals surface area contributed by atoms with Crippen molar-refractivity contribution in [2.24, 2.45) is 5.92 Å². The Morgan fingerprint density at radius 1 is 1.05 bits per heavy atom. The second kappa shape index (κ2) is 6.33. The predicted molar refractivity (Wildman–Crippen MR) is 92.2 cm³/mol. The largest absolute Gasteiger partial charge is 0.311 e. The highest BCUT2D eigenvalue weighted by atomic mass is 15.2. The average Bonchev–Trinajstić information content (AvgIpc) is 3.10. The zero-order valence-corrected chi connectivity index (χ0v) is 13.9. The van der Waals surface area contributed by atoms with Crippen LogP contribution in [0.3, 0.4) is 0 Å². The van der Waals surface area contributed by atoms with Gasteiger partial charge in [-0.15, -0.1) is 0 Å². The van der Waals surface area contributed by atoms with Crippen molar-refractivity contribution in [1.82, 2.24) is 10.2 Å². The van der Waals surface area contributed by atoms with Gasteiger partial charge in [0.2, 0.25) is 0 Å². The fourth-order valence-corrected chi connectivity index (χ4v) is 5.16. The third kappa shape index (κ3) is 2.96. The van der Waals surface area contributed by atoms with Gasteiger partial charge in [-0.2, -0.15) is 0 Å². The van der Waals surface area contributed by atoms with Crippen molar-refractivity contribution < 1.29 is 0 Å². The van der Waals surface area contributed by atoms with E-state index in [4.69, 9.17) is 0 Å². The van der Waals surface area contributed by atoms with E-state index in [2.05, 4.69) is 41.4 Å². The Bertz CT molecular complexity index is 475. The maximum Gasteiger partial charge on any atom is 0.0176 e. The molecule has 0 spiro atoms. The molecule has 0 amide bonds. The van der Waals surface area contributed by atoms with Crippen molar-refractivity contribution in [3.05, 3.63) is 35.4 Å². The molecule has 1 aromatic rings. The van der Waals surface area contributed by atoms with Crippen molar-refractivity contribution >= 4 is 0 Å². The van der Waals surface area contributed by atoms with E-state index >= 15 is 0 Å². The highest BCUT2D eigenvalue weighted by Crippen LogP contribution is 2.33. The summed E-state index contributed by atoms with van der Waals surface area (Å²) in [6.45, 7) is 4.94. The molecule has 2 heteroatoms. The fraction of sp³-hybridized carbons (Fsp3) is 0.700. The Morgan fingerprint density at radius 2 is 1.68 bits per heavy atom. The molecular formula is C20H30N2. The predicted octanol–water partition coefficient (Wildman–Crippen LogP) is 3.40. The maximum atomic E-state index is 3.79. The monoisotopic (exact) mass is 298 g/mol. The van der Waals surface area contributed by atoms with Crippen LogP contribution < -0.4 is 5.32 Å². The molecule has 2 saturated heterocycles. The smallest absolute Gasteiger partial charge is 0.0176 e. The summed E-state index contributed by atoms with van der Waals surface area (Å²) in [7, 11) is 0. The average molecular weight is 298 g/mol. The third-order valence-corrected chi connectivity index (χ3v) is 6.12. The molecule has 120 valence electrons. The van der Waals surface area contributed by atoms with Crippen molar-refractivity contribution in [3.63, 3.8) is 0 Å². The number of nitrogens with one attached hydrogen (secondary N) is 1. The number of benzene rings is 1. The van der Waals surface area contributed by atoms with Crippen LogP contribution in [0.15, 0.2) is 24.3 Å². The van der Waals surface area contributed by atoms with Gasteiger partial charge in [-0.1, -0.05) is 31.2 Å². The number of rotatable bonds is 5. The number of piperidine rings is 1. The molecule has 0 unspecified atom stereocenters. The van der Waals surface area contributed by atoms with Crippen molar-refractivity contribution in [1.29, 1.82) is 0 Å². The van der Waals surface area contributed by atoms with Crippen LogP contribution in [0.25, 0.3) is 0 Å². The molecule has 1 aromatic carbocycles. The molecule has 2 heterocycles. The number of nitrogens with zero attached hydrogens (tertiary/aromatic N) is 1. The summed E-state index contributed by atoms with van der Waals surface area (Å²) in [5.74, 6) is 0.925. The van der Waals surface area contributed by atoms with E-state index in [0.29, 0.717) is 0 Å². The Kier molecular flexibility index (Phi) is 4.23. The summed E-state index contributed by atoms with van der Waals surface area (Å²) in [5, 5.41) is 3.79. The molecule has 2 fully saturated rings. The highest BCUT2D eigenvalue weighted by molar-refractivity contribution is 5.33. The fourth-order valence-electron chi connectivity index (χ4n) is 5.16. The summed E-state index contributed by atoms with van der Waals surface area (Å²) in [6.07, 6.45) is 9.49. The van der Waals surface area contributed by atoms with Crippen LogP contribution >= 0.6 is 0 Å². The first-order valence-corrected chi connectivity index (χ1v) is 9.38. The van der Waals surface area contributed by atoms with Crippen molar-refractivity contribution in [2.75, 3.05) is 13.1 Å². The molecular weight excluding hydrogens is 268 g/mol. The van der Waals surface area contributed by atoms with Gasteiger partial charge in [-0.05, 0) is 68.5 Å². The Hall–Kier alpha value is -0.860. The van der Waals surface area contributed by atoms with E-state index in [1.165, 1.54) is 58.0 Å². The molecule has 3 aliphatic rings. The van der Waals surface area contributed by atoms with Gasteiger partial charge in [0.25, 0.3) is 0 Å². The summed E-state index contributed by atoms with van der Waals surface area (Å²) in [4.78, 5) is 2.83. The van der Waals surface area contributed by atoms with Gasteiger partial charge < -0.3 is 5.32 Å². The molecule has 0 aromatic heterocycles. The van der Waals surface area contributed by atoms with Gasteiger partial charge >= 0.3 is 0 Å². The zero-order chi connectivity index (χ0) is 14.9. The maximum absolute atomic E-state index is 3.79. The minimum atomic E-state index is 0.755. The van der Waals surface area contributed by atoms with Gasteiger partial charge in [0.05, 0.1) is 0 Å². The van der Waals surface area contributed by atoms with Crippen LogP contribution in [0.5, 0.6) is 0 Å². The van der Waals surface area contributed by atoms with Gasteiger partial charge in [-0.25, -0.2) is 0 Å². The van der Waals surface area contributed by atoms with Crippen molar-refractivity contribution in [2.45, 2.75) is 70.0 Å². The number of hydrogen-bond acceptors (Lipinski definition) is 2. The standard InChI is InChI=1S/C20H30N2/c1-2-9-22(14-15-10-18-7-8-19(11-15)21-18)20-12-16-5-3-4-6-17(16)13-20/h3-6,15,18-21H,2,7-14H2,1H3/t15-,18-,19+. The summed E-state index contributed by atoms with van der Waals surface area (Å²) >= 11 is 0. The van der Waals surface area contributed by atoms with Crippen LogP contribution in [0.1, 0.15) is 50.2 Å². The Labute approximate surface area is 135 Å². The third-order valence-electron chi connectivity index (χ3n) is 6.12. The highest BCUT2D eigenvalue weighted by Gasteiger charge is 2.35. The van der Waals surface area contributed by atoms with Crippen molar-refractivity contribution in [3.8, 4) is 0 Å². The van der Waals surface area contributed by atoms with E-state index in [9.17, 15) is 0 Å². The molecule has 3 atom stereocenters. The first-order chi connectivity index (χ1) is 10.8. The minimum absolute atomic E-state index is 0.755. The lowest BCUT2D eigenvalue weighted by Gasteiger charge is -2.36. The topological polar surface area (TPSA) is 15.3 Å². The Balaban J connectivity index is 1.41. The first-order valence-electron chi connectivity index (χ1n) is 9.38. The second-order valence-corrected chi connectivity index (χ2v) is 7.80. The van der Waals surface area contributed by atoms with Gasteiger partial charge in [0, 0.05) is 24.7 Å². The molecule has 4 rings (SSSR count). The van der Waals surface area contributed by atoms with E-state index < -0.39 is 0 Å². The molecule has 2 nitrogen and oxygen atoms in total. The lowest BCUT2D eigenvalue weighted by molar-refractivity contribution is 0.143. The lowest BCUT2D eigenvalue weighted by atomic mass is 9.91. The lowest BCUT2D eigenvalue weighted by Crippen LogP contribution is -2.45.